The van der Waals surface area contributed by atoms with Crippen molar-refractivity contribution in [1.82, 2.24) is 4.98 Å². The quantitative estimate of drug-likeness (QED) is 0.899. The third kappa shape index (κ3) is 3.36. The van der Waals surface area contributed by atoms with Crippen molar-refractivity contribution >= 4 is 0 Å². The Morgan fingerprint density at radius 1 is 1.10 bits per heavy atom. The zero-order chi connectivity index (χ0) is 14.7. The fraction of sp³-hybridized carbons (Fsp3) is 0.353. The van der Waals surface area contributed by atoms with Crippen LogP contribution in [0.15, 0.2) is 36.5 Å². The molecule has 0 aliphatic carbocycles. The first-order valence-electron chi connectivity index (χ1n) is 6.97. The number of ether oxygens (including phenoxy) is 1. The predicted molar refractivity (Wildman–Crippen MR) is 82.2 cm³/mol. The first kappa shape index (κ1) is 14.5. The summed E-state index contributed by atoms with van der Waals surface area (Å²) in [6.45, 7) is 8.30. The van der Waals surface area contributed by atoms with E-state index in [4.69, 9.17) is 10.5 Å². The molecule has 1 aromatic heterocycles. The van der Waals surface area contributed by atoms with Crippen molar-refractivity contribution in [1.29, 1.82) is 0 Å². The number of nitrogens with zero attached hydrogens (tertiary/aromatic N) is 1. The van der Waals surface area contributed by atoms with E-state index < -0.39 is 0 Å². The maximum Gasteiger partial charge on any atom is 0.145 e. The predicted octanol–water partition coefficient (Wildman–Crippen LogP) is 4.33. The highest BCUT2D eigenvalue weighted by atomic mass is 16.5. The number of hydrogen-bond acceptors (Lipinski definition) is 3. The summed E-state index contributed by atoms with van der Waals surface area (Å²) in [6, 6.07) is 10.1. The Labute approximate surface area is 120 Å². The van der Waals surface area contributed by atoms with Crippen LogP contribution < -0.4 is 10.5 Å². The molecule has 2 rings (SSSR count). The summed E-state index contributed by atoms with van der Waals surface area (Å²) in [5.41, 5.74) is 9.05. The van der Waals surface area contributed by atoms with Crippen molar-refractivity contribution < 1.29 is 4.74 Å². The topological polar surface area (TPSA) is 48.1 Å². The highest BCUT2D eigenvalue weighted by molar-refractivity contribution is 5.41. The van der Waals surface area contributed by atoms with Gasteiger partial charge < -0.3 is 10.5 Å². The van der Waals surface area contributed by atoms with E-state index in [1.807, 2.05) is 19.1 Å². The molecule has 106 valence electrons. The van der Waals surface area contributed by atoms with Crippen LogP contribution >= 0.6 is 0 Å². The number of hydrogen-bond donors (Lipinski definition) is 1. The lowest BCUT2D eigenvalue weighted by Crippen LogP contribution is -2.06. The summed E-state index contributed by atoms with van der Waals surface area (Å²) in [5, 5.41) is 0. The van der Waals surface area contributed by atoms with Crippen LogP contribution in [0.3, 0.4) is 0 Å². The molecule has 0 aliphatic heterocycles. The van der Waals surface area contributed by atoms with E-state index in [9.17, 15) is 0 Å². The average Bonchev–Trinajstić information content (AvgIpc) is 2.39. The molecule has 1 unspecified atom stereocenters. The van der Waals surface area contributed by atoms with Gasteiger partial charge in [-0.2, -0.15) is 0 Å². The molecule has 3 nitrogen and oxygen atoms in total. The van der Waals surface area contributed by atoms with Gasteiger partial charge in [-0.25, -0.2) is 0 Å². The van der Waals surface area contributed by atoms with Crippen molar-refractivity contribution in [2.24, 2.45) is 5.73 Å². The lowest BCUT2D eigenvalue weighted by atomic mass is 10.0. The van der Waals surface area contributed by atoms with Gasteiger partial charge in [0.15, 0.2) is 0 Å². The van der Waals surface area contributed by atoms with E-state index in [0.29, 0.717) is 5.92 Å². The summed E-state index contributed by atoms with van der Waals surface area (Å²) in [5.74, 6) is 2.05. The number of aryl methyl sites for hydroxylation is 1. The van der Waals surface area contributed by atoms with Gasteiger partial charge in [0.05, 0.1) is 11.9 Å². The standard InChI is InChI=1S/C17H22N2O/c1-11(2)15-7-5-12(3)9-17(15)20-14-6-8-16(13(4)18)19-10-14/h5-11,13H,18H2,1-4H3. The van der Waals surface area contributed by atoms with Crippen molar-refractivity contribution in [2.45, 2.75) is 39.7 Å². The molecule has 20 heavy (non-hydrogen) atoms. The summed E-state index contributed by atoms with van der Waals surface area (Å²) >= 11 is 0. The van der Waals surface area contributed by atoms with E-state index in [1.165, 1.54) is 11.1 Å². The van der Waals surface area contributed by atoms with Crippen LogP contribution in [0.25, 0.3) is 0 Å². The average molecular weight is 270 g/mol. The highest BCUT2D eigenvalue weighted by Gasteiger charge is 2.09. The maximum atomic E-state index is 5.98. The van der Waals surface area contributed by atoms with Gasteiger partial charge in [0.25, 0.3) is 0 Å². The van der Waals surface area contributed by atoms with Crippen LogP contribution in [0.5, 0.6) is 11.5 Å². The second-order valence-electron chi connectivity index (χ2n) is 5.51. The molecule has 0 fully saturated rings. The summed E-state index contributed by atoms with van der Waals surface area (Å²) in [7, 11) is 0. The van der Waals surface area contributed by atoms with Crippen LogP contribution in [0.2, 0.25) is 0 Å². The van der Waals surface area contributed by atoms with Gasteiger partial charge in [-0.3, -0.25) is 4.98 Å². The smallest absolute Gasteiger partial charge is 0.145 e. The molecular formula is C17H22N2O. The molecule has 0 spiro atoms. The monoisotopic (exact) mass is 270 g/mol. The number of rotatable bonds is 4. The maximum absolute atomic E-state index is 5.98. The first-order chi connectivity index (χ1) is 9.47. The molecule has 0 radical (unpaired) electrons. The Bertz CT molecular complexity index is 574. The van der Waals surface area contributed by atoms with Crippen LogP contribution in [0.4, 0.5) is 0 Å². The largest absolute Gasteiger partial charge is 0.455 e. The van der Waals surface area contributed by atoms with Gasteiger partial charge in [-0.15, -0.1) is 0 Å². The zero-order valence-corrected chi connectivity index (χ0v) is 12.6. The molecule has 2 aromatic rings. The van der Waals surface area contributed by atoms with Crippen LogP contribution in [-0.4, -0.2) is 4.98 Å². The molecular weight excluding hydrogens is 248 g/mol. The minimum atomic E-state index is -0.0609. The lowest BCUT2D eigenvalue weighted by molar-refractivity contribution is 0.469. The Balaban J connectivity index is 2.27. The minimum Gasteiger partial charge on any atom is -0.455 e. The molecule has 0 saturated heterocycles. The van der Waals surface area contributed by atoms with Crippen LogP contribution in [0.1, 0.15) is 49.6 Å². The van der Waals surface area contributed by atoms with Gasteiger partial charge in [-0.1, -0.05) is 26.0 Å². The molecule has 1 atom stereocenters. The Hall–Kier alpha value is -1.87. The Morgan fingerprint density at radius 3 is 2.40 bits per heavy atom. The Kier molecular flexibility index (Phi) is 4.40. The summed E-state index contributed by atoms with van der Waals surface area (Å²) < 4.78 is 5.98. The number of aromatic nitrogens is 1. The fourth-order valence-corrected chi connectivity index (χ4v) is 2.06. The molecule has 0 aliphatic rings. The molecule has 1 aromatic carbocycles. The summed E-state index contributed by atoms with van der Waals surface area (Å²) in [6.07, 6.45) is 1.73. The van der Waals surface area contributed by atoms with Gasteiger partial charge in [-0.05, 0) is 49.1 Å². The number of benzene rings is 1. The van der Waals surface area contributed by atoms with Gasteiger partial charge in [0.2, 0.25) is 0 Å². The zero-order valence-electron chi connectivity index (χ0n) is 12.6. The van der Waals surface area contributed by atoms with E-state index in [-0.39, 0.29) is 6.04 Å². The van der Waals surface area contributed by atoms with Gasteiger partial charge in [0.1, 0.15) is 11.5 Å². The lowest BCUT2D eigenvalue weighted by Gasteiger charge is -2.15. The van der Waals surface area contributed by atoms with Crippen LogP contribution in [0, 0.1) is 6.92 Å². The van der Waals surface area contributed by atoms with Crippen LogP contribution in [-0.2, 0) is 0 Å². The van der Waals surface area contributed by atoms with Crippen molar-refractivity contribution in [3.05, 3.63) is 53.3 Å². The Morgan fingerprint density at radius 2 is 1.85 bits per heavy atom. The normalized spacial score (nSPS) is 12.5. The van der Waals surface area contributed by atoms with E-state index in [0.717, 1.165) is 17.2 Å². The van der Waals surface area contributed by atoms with Gasteiger partial charge in [0, 0.05) is 6.04 Å². The van der Waals surface area contributed by atoms with Crippen molar-refractivity contribution in [3.63, 3.8) is 0 Å². The van der Waals surface area contributed by atoms with E-state index in [2.05, 4.69) is 44.0 Å². The number of nitrogens with two attached hydrogens (primary N) is 1. The van der Waals surface area contributed by atoms with Gasteiger partial charge >= 0.3 is 0 Å². The van der Waals surface area contributed by atoms with Crippen molar-refractivity contribution in [3.8, 4) is 11.5 Å². The second kappa shape index (κ2) is 6.06. The van der Waals surface area contributed by atoms with Crippen molar-refractivity contribution in [2.75, 3.05) is 0 Å². The molecule has 1 heterocycles. The molecule has 0 amide bonds. The third-order valence-electron chi connectivity index (χ3n) is 3.24. The molecule has 0 bridgehead atoms. The molecule has 2 N–H and O–H groups in total. The third-order valence-corrected chi connectivity index (χ3v) is 3.24. The first-order valence-corrected chi connectivity index (χ1v) is 6.97. The molecule has 0 saturated carbocycles. The SMILES string of the molecule is Cc1ccc(C(C)C)c(Oc2ccc(C(C)N)nc2)c1. The molecule has 3 heteroatoms. The minimum absolute atomic E-state index is 0.0609. The second-order valence-corrected chi connectivity index (χ2v) is 5.51. The van der Waals surface area contributed by atoms with E-state index >= 15 is 0 Å². The fourth-order valence-electron chi connectivity index (χ4n) is 2.06. The highest BCUT2D eigenvalue weighted by Crippen LogP contribution is 2.31. The summed E-state index contributed by atoms with van der Waals surface area (Å²) in [4.78, 5) is 4.32. The number of pyridine rings is 1. The van der Waals surface area contributed by atoms with E-state index in [1.54, 1.807) is 6.20 Å².